The number of pyridine rings is 1. The summed E-state index contributed by atoms with van der Waals surface area (Å²) in [5, 5.41) is 9.55. The summed E-state index contributed by atoms with van der Waals surface area (Å²) >= 11 is 0. The maximum atomic E-state index is 12.1. The molecular formula is C21H20N4O2. The van der Waals surface area contributed by atoms with Crippen LogP contribution in [0, 0.1) is 5.92 Å². The third-order valence-electron chi connectivity index (χ3n) is 4.96. The second-order valence-electron chi connectivity index (χ2n) is 6.85. The molecule has 0 saturated heterocycles. The third kappa shape index (κ3) is 3.95. The Balaban J connectivity index is 1.35. The Morgan fingerprint density at radius 2 is 2.04 bits per heavy atom. The van der Waals surface area contributed by atoms with Crippen molar-refractivity contribution in [2.45, 2.75) is 19.3 Å². The molecule has 6 heteroatoms. The molecule has 1 aliphatic rings. The van der Waals surface area contributed by atoms with Gasteiger partial charge in [-0.1, -0.05) is 12.1 Å². The molecule has 0 spiro atoms. The minimum atomic E-state index is -0.201. The number of rotatable bonds is 5. The number of amides is 1. The number of benzene rings is 1. The van der Waals surface area contributed by atoms with Gasteiger partial charge in [0.1, 0.15) is 0 Å². The summed E-state index contributed by atoms with van der Waals surface area (Å²) in [5.41, 5.74) is 4.84. The average Bonchev–Trinajstić information content (AvgIpc) is 3.11. The Hall–Kier alpha value is -3.28. The van der Waals surface area contributed by atoms with Crippen LogP contribution >= 0.6 is 0 Å². The maximum absolute atomic E-state index is 12.1. The SMILES string of the molecule is O=C(NCCC1Cc2ccc(-c3ccc(=O)[nH]n3)cc2C1)c1cccnc1. The van der Waals surface area contributed by atoms with Gasteiger partial charge in [0, 0.05) is 30.6 Å². The van der Waals surface area contributed by atoms with Crippen molar-refractivity contribution in [3.8, 4) is 11.3 Å². The van der Waals surface area contributed by atoms with Crippen LogP contribution in [0.2, 0.25) is 0 Å². The third-order valence-corrected chi connectivity index (χ3v) is 4.96. The van der Waals surface area contributed by atoms with E-state index in [1.54, 1.807) is 30.6 Å². The zero-order valence-electron chi connectivity index (χ0n) is 14.8. The Bertz CT molecular complexity index is 994. The van der Waals surface area contributed by atoms with Gasteiger partial charge in [-0.15, -0.1) is 0 Å². The first-order valence-electron chi connectivity index (χ1n) is 9.05. The van der Waals surface area contributed by atoms with E-state index in [0.717, 1.165) is 30.5 Å². The van der Waals surface area contributed by atoms with Crippen molar-refractivity contribution < 1.29 is 4.79 Å². The quantitative estimate of drug-likeness (QED) is 0.731. The predicted molar refractivity (Wildman–Crippen MR) is 102 cm³/mol. The van der Waals surface area contributed by atoms with E-state index in [1.807, 2.05) is 6.07 Å². The van der Waals surface area contributed by atoms with E-state index in [9.17, 15) is 9.59 Å². The molecule has 2 heterocycles. The first-order chi connectivity index (χ1) is 13.2. The van der Waals surface area contributed by atoms with Crippen molar-refractivity contribution in [2.75, 3.05) is 6.54 Å². The Kier molecular flexibility index (Phi) is 4.78. The van der Waals surface area contributed by atoms with Gasteiger partial charge in [-0.2, -0.15) is 5.10 Å². The van der Waals surface area contributed by atoms with Crippen molar-refractivity contribution in [1.29, 1.82) is 0 Å². The van der Waals surface area contributed by atoms with Crippen LogP contribution in [-0.2, 0) is 12.8 Å². The first kappa shape index (κ1) is 17.1. The molecule has 0 fully saturated rings. The summed E-state index contributed by atoms with van der Waals surface area (Å²) < 4.78 is 0. The van der Waals surface area contributed by atoms with Gasteiger partial charge in [0.2, 0.25) is 0 Å². The van der Waals surface area contributed by atoms with Gasteiger partial charge in [-0.25, -0.2) is 5.10 Å². The molecule has 1 aliphatic carbocycles. The Labute approximate surface area is 156 Å². The molecule has 2 aromatic heterocycles. The molecule has 2 N–H and O–H groups in total. The van der Waals surface area contributed by atoms with Gasteiger partial charge < -0.3 is 5.32 Å². The lowest BCUT2D eigenvalue weighted by molar-refractivity contribution is 0.0951. The van der Waals surface area contributed by atoms with E-state index in [1.165, 1.54) is 17.2 Å². The van der Waals surface area contributed by atoms with Gasteiger partial charge in [-0.3, -0.25) is 14.6 Å². The molecule has 0 bridgehead atoms. The topological polar surface area (TPSA) is 87.7 Å². The van der Waals surface area contributed by atoms with E-state index >= 15 is 0 Å². The van der Waals surface area contributed by atoms with Gasteiger partial charge in [-0.05, 0) is 60.6 Å². The van der Waals surface area contributed by atoms with Crippen molar-refractivity contribution in [3.05, 3.63) is 81.9 Å². The van der Waals surface area contributed by atoms with Crippen molar-refractivity contribution in [3.63, 3.8) is 0 Å². The van der Waals surface area contributed by atoms with Crippen LogP contribution in [0.25, 0.3) is 11.3 Å². The highest BCUT2D eigenvalue weighted by Gasteiger charge is 2.22. The van der Waals surface area contributed by atoms with Crippen LogP contribution in [0.4, 0.5) is 0 Å². The molecule has 1 amide bonds. The summed E-state index contributed by atoms with van der Waals surface area (Å²) in [5.74, 6) is 0.443. The molecule has 27 heavy (non-hydrogen) atoms. The number of aromatic nitrogens is 3. The molecule has 1 atom stereocenters. The van der Waals surface area contributed by atoms with Crippen molar-refractivity contribution in [1.82, 2.24) is 20.5 Å². The van der Waals surface area contributed by atoms with Crippen LogP contribution in [0.3, 0.4) is 0 Å². The highest BCUT2D eigenvalue weighted by Crippen LogP contribution is 2.31. The summed E-state index contributed by atoms with van der Waals surface area (Å²) in [6.07, 6.45) is 6.19. The fourth-order valence-corrected chi connectivity index (χ4v) is 3.57. The second-order valence-corrected chi connectivity index (χ2v) is 6.85. The molecule has 0 aliphatic heterocycles. The number of aromatic amines is 1. The Morgan fingerprint density at radius 3 is 2.81 bits per heavy atom. The number of hydrogen-bond acceptors (Lipinski definition) is 4. The molecule has 3 aromatic rings. The zero-order valence-corrected chi connectivity index (χ0v) is 14.8. The molecular weight excluding hydrogens is 340 g/mol. The van der Waals surface area contributed by atoms with E-state index < -0.39 is 0 Å². The number of nitrogens with one attached hydrogen (secondary N) is 2. The fourth-order valence-electron chi connectivity index (χ4n) is 3.57. The molecule has 1 aromatic carbocycles. The second kappa shape index (κ2) is 7.53. The summed E-state index contributed by atoms with van der Waals surface area (Å²) in [6.45, 7) is 0.653. The normalized spacial score (nSPS) is 15.3. The van der Waals surface area contributed by atoms with Crippen molar-refractivity contribution >= 4 is 5.91 Å². The first-order valence-corrected chi connectivity index (χ1v) is 9.05. The maximum Gasteiger partial charge on any atom is 0.264 e. The molecule has 1 unspecified atom stereocenters. The number of carbonyl (C=O) groups is 1. The van der Waals surface area contributed by atoms with Crippen LogP contribution in [-0.4, -0.2) is 27.6 Å². The lowest BCUT2D eigenvalue weighted by atomic mass is 10.0. The highest BCUT2D eigenvalue weighted by atomic mass is 16.1. The van der Waals surface area contributed by atoms with Crippen LogP contribution < -0.4 is 10.9 Å². The smallest absolute Gasteiger partial charge is 0.264 e. The van der Waals surface area contributed by atoms with Crippen LogP contribution in [0.1, 0.15) is 27.9 Å². The number of nitrogens with zero attached hydrogens (tertiary/aromatic N) is 2. The Morgan fingerprint density at radius 1 is 1.15 bits per heavy atom. The largest absolute Gasteiger partial charge is 0.352 e. The summed E-state index contributed by atoms with van der Waals surface area (Å²) in [7, 11) is 0. The molecule has 4 rings (SSSR count). The number of carbonyl (C=O) groups excluding carboxylic acids is 1. The standard InChI is InChI=1S/C21H20N4O2/c26-20-6-5-19(24-25-20)16-4-3-15-10-14(11-18(15)12-16)7-9-23-21(27)17-2-1-8-22-13-17/h1-6,8,12-14H,7,9-11H2,(H,23,27)(H,25,26). The summed E-state index contributed by atoms with van der Waals surface area (Å²) in [4.78, 5) is 27.2. The summed E-state index contributed by atoms with van der Waals surface area (Å²) in [6, 6.07) is 13.1. The molecule has 0 radical (unpaired) electrons. The van der Waals surface area contributed by atoms with E-state index in [4.69, 9.17) is 0 Å². The highest BCUT2D eigenvalue weighted by molar-refractivity contribution is 5.93. The molecule has 6 nitrogen and oxygen atoms in total. The fraction of sp³-hybridized carbons (Fsp3) is 0.238. The van der Waals surface area contributed by atoms with Crippen LogP contribution in [0.15, 0.2) is 59.7 Å². The van der Waals surface area contributed by atoms with Gasteiger partial charge >= 0.3 is 0 Å². The monoisotopic (exact) mass is 360 g/mol. The van der Waals surface area contributed by atoms with Crippen LogP contribution in [0.5, 0.6) is 0 Å². The predicted octanol–water partition coefficient (Wildman–Crippen LogP) is 2.37. The number of hydrogen-bond donors (Lipinski definition) is 2. The number of H-pyrrole nitrogens is 1. The van der Waals surface area contributed by atoms with E-state index in [0.29, 0.717) is 18.0 Å². The lowest BCUT2D eigenvalue weighted by Crippen LogP contribution is -2.26. The number of fused-ring (bicyclic) bond motifs is 1. The zero-order chi connectivity index (χ0) is 18.6. The van der Waals surface area contributed by atoms with Gasteiger partial charge in [0.25, 0.3) is 11.5 Å². The minimum Gasteiger partial charge on any atom is -0.352 e. The van der Waals surface area contributed by atoms with Crippen molar-refractivity contribution in [2.24, 2.45) is 5.92 Å². The van der Waals surface area contributed by atoms with E-state index in [2.05, 4.69) is 32.6 Å². The molecule has 0 saturated carbocycles. The van der Waals surface area contributed by atoms with E-state index in [-0.39, 0.29) is 11.5 Å². The van der Waals surface area contributed by atoms with Gasteiger partial charge in [0.15, 0.2) is 0 Å². The average molecular weight is 360 g/mol. The molecule has 136 valence electrons. The van der Waals surface area contributed by atoms with Gasteiger partial charge in [0.05, 0.1) is 11.3 Å². The lowest BCUT2D eigenvalue weighted by Gasteiger charge is -2.10. The minimum absolute atomic E-state index is 0.0787.